The number of rotatable bonds is 7. The lowest BCUT2D eigenvalue weighted by atomic mass is 10.1. The van der Waals surface area contributed by atoms with Gasteiger partial charge in [0.15, 0.2) is 5.82 Å². The van der Waals surface area contributed by atoms with Crippen molar-refractivity contribution >= 4 is 0 Å². The Labute approximate surface area is 149 Å². The molecule has 0 spiro atoms. The fourth-order valence-corrected chi connectivity index (χ4v) is 3.24. The molecule has 0 radical (unpaired) electrons. The number of nitrogens with zero attached hydrogens (tertiary/aromatic N) is 4. The largest absolute Gasteiger partial charge is 0.392 e. The van der Waals surface area contributed by atoms with Gasteiger partial charge in [0, 0.05) is 31.6 Å². The second-order valence-corrected chi connectivity index (χ2v) is 7.27. The maximum Gasteiger partial charge on any atom is 0.229 e. The van der Waals surface area contributed by atoms with Crippen molar-refractivity contribution in [1.29, 1.82) is 0 Å². The van der Waals surface area contributed by atoms with Crippen LogP contribution in [-0.2, 0) is 19.7 Å². The Hall–Kier alpha value is -1.76. The molecule has 6 heteroatoms. The Morgan fingerprint density at radius 1 is 1.28 bits per heavy atom. The number of aliphatic hydroxyl groups is 1. The van der Waals surface area contributed by atoms with Crippen molar-refractivity contribution in [2.45, 2.75) is 51.9 Å². The van der Waals surface area contributed by atoms with Gasteiger partial charge in [0.05, 0.1) is 13.2 Å². The van der Waals surface area contributed by atoms with Crippen LogP contribution < -0.4 is 0 Å². The number of hydrogen-bond donors (Lipinski definition) is 1. The van der Waals surface area contributed by atoms with E-state index in [9.17, 15) is 0 Å². The first-order valence-corrected chi connectivity index (χ1v) is 8.99. The molecule has 1 N–H and O–H groups in total. The molecule has 1 unspecified atom stereocenters. The highest BCUT2D eigenvalue weighted by molar-refractivity contribution is 5.22. The van der Waals surface area contributed by atoms with Gasteiger partial charge >= 0.3 is 0 Å². The van der Waals surface area contributed by atoms with Crippen molar-refractivity contribution in [2.24, 2.45) is 0 Å². The maximum absolute atomic E-state index is 9.13. The van der Waals surface area contributed by atoms with E-state index in [1.54, 1.807) is 0 Å². The molecule has 0 saturated carbocycles. The van der Waals surface area contributed by atoms with Gasteiger partial charge in [-0.2, -0.15) is 4.98 Å². The molecule has 1 fully saturated rings. The quantitative estimate of drug-likeness (QED) is 0.832. The zero-order chi connectivity index (χ0) is 17.8. The second kappa shape index (κ2) is 8.08. The molecule has 0 bridgehead atoms. The van der Waals surface area contributed by atoms with Crippen LogP contribution in [-0.4, -0.2) is 51.2 Å². The van der Waals surface area contributed by atoms with Gasteiger partial charge in [-0.15, -0.1) is 0 Å². The van der Waals surface area contributed by atoms with Gasteiger partial charge in [0.2, 0.25) is 5.89 Å². The molecule has 2 aromatic rings. The normalized spacial score (nSPS) is 18.6. The molecule has 6 nitrogen and oxygen atoms in total. The molecule has 0 amide bonds. The Balaban J connectivity index is 1.50. The SMILES string of the molecule is CC(C)c1nc(CN(C)C2CCN(Cc3ccc(CO)cc3)C2)no1. The first-order valence-electron chi connectivity index (χ1n) is 8.99. The Morgan fingerprint density at radius 3 is 2.64 bits per heavy atom. The zero-order valence-electron chi connectivity index (χ0n) is 15.4. The minimum absolute atomic E-state index is 0.103. The molecule has 0 aliphatic carbocycles. The highest BCUT2D eigenvalue weighted by Gasteiger charge is 2.26. The van der Waals surface area contributed by atoms with Crippen molar-refractivity contribution in [1.82, 2.24) is 19.9 Å². The smallest absolute Gasteiger partial charge is 0.229 e. The lowest BCUT2D eigenvalue weighted by Gasteiger charge is -2.23. The van der Waals surface area contributed by atoms with Gasteiger partial charge in [0.25, 0.3) is 0 Å². The molecule has 1 saturated heterocycles. The van der Waals surface area contributed by atoms with Crippen molar-refractivity contribution in [2.75, 3.05) is 20.1 Å². The number of likely N-dealkylation sites (tertiary alicyclic amines) is 1. The minimum Gasteiger partial charge on any atom is -0.392 e. The average molecular weight is 344 g/mol. The van der Waals surface area contributed by atoms with Crippen LogP contribution in [0.25, 0.3) is 0 Å². The van der Waals surface area contributed by atoms with E-state index in [1.807, 2.05) is 12.1 Å². The third kappa shape index (κ3) is 4.66. The van der Waals surface area contributed by atoms with Gasteiger partial charge in [-0.05, 0) is 24.6 Å². The predicted molar refractivity (Wildman–Crippen MR) is 95.9 cm³/mol. The Bertz CT molecular complexity index is 668. The maximum atomic E-state index is 9.13. The highest BCUT2D eigenvalue weighted by Crippen LogP contribution is 2.19. The molecule has 1 aromatic heterocycles. The van der Waals surface area contributed by atoms with E-state index in [1.165, 1.54) is 5.56 Å². The van der Waals surface area contributed by atoms with Gasteiger partial charge in [-0.1, -0.05) is 43.3 Å². The molecule has 1 aliphatic heterocycles. The Morgan fingerprint density at radius 2 is 2.00 bits per heavy atom. The fraction of sp³-hybridized carbons (Fsp3) is 0.579. The van der Waals surface area contributed by atoms with Gasteiger partial charge in [0.1, 0.15) is 0 Å². The molecular weight excluding hydrogens is 316 g/mol. The number of likely N-dealkylation sites (N-methyl/N-ethyl adjacent to an activating group) is 1. The molecule has 2 heterocycles. The molecular formula is C19H28N4O2. The fourth-order valence-electron chi connectivity index (χ4n) is 3.24. The van der Waals surface area contributed by atoms with E-state index in [2.05, 4.69) is 53.0 Å². The summed E-state index contributed by atoms with van der Waals surface area (Å²) in [6, 6.07) is 8.72. The van der Waals surface area contributed by atoms with Crippen LogP contribution in [0.2, 0.25) is 0 Å². The summed E-state index contributed by atoms with van der Waals surface area (Å²) in [6.07, 6.45) is 1.15. The summed E-state index contributed by atoms with van der Waals surface area (Å²) in [4.78, 5) is 9.27. The van der Waals surface area contributed by atoms with E-state index in [0.717, 1.165) is 44.0 Å². The molecule has 1 aliphatic rings. The first kappa shape index (κ1) is 18.0. The molecule has 25 heavy (non-hydrogen) atoms. The average Bonchev–Trinajstić information content (AvgIpc) is 3.25. The molecule has 3 rings (SSSR count). The van der Waals surface area contributed by atoms with Crippen LogP contribution in [0.5, 0.6) is 0 Å². The van der Waals surface area contributed by atoms with Crippen molar-refractivity contribution in [3.8, 4) is 0 Å². The van der Waals surface area contributed by atoms with Gasteiger partial charge in [-0.3, -0.25) is 9.80 Å². The topological polar surface area (TPSA) is 65.6 Å². The number of aliphatic hydroxyl groups excluding tert-OH is 1. The summed E-state index contributed by atoms with van der Waals surface area (Å²) in [7, 11) is 2.13. The first-order chi connectivity index (χ1) is 12.0. The summed E-state index contributed by atoms with van der Waals surface area (Å²) >= 11 is 0. The predicted octanol–water partition coefficient (Wildman–Crippen LogP) is 2.39. The summed E-state index contributed by atoms with van der Waals surface area (Å²) < 4.78 is 5.29. The Kier molecular flexibility index (Phi) is 5.83. The third-order valence-electron chi connectivity index (χ3n) is 4.85. The van der Waals surface area contributed by atoms with E-state index < -0.39 is 0 Å². The minimum atomic E-state index is 0.103. The highest BCUT2D eigenvalue weighted by atomic mass is 16.5. The zero-order valence-corrected chi connectivity index (χ0v) is 15.4. The summed E-state index contributed by atoms with van der Waals surface area (Å²) in [5, 5.41) is 13.2. The number of hydrogen-bond acceptors (Lipinski definition) is 6. The number of benzene rings is 1. The van der Waals surface area contributed by atoms with Crippen LogP contribution in [0.1, 0.15) is 49.0 Å². The van der Waals surface area contributed by atoms with Crippen molar-refractivity contribution < 1.29 is 9.63 Å². The van der Waals surface area contributed by atoms with Crippen LogP contribution in [0.3, 0.4) is 0 Å². The van der Waals surface area contributed by atoms with Gasteiger partial charge in [-0.25, -0.2) is 0 Å². The monoisotopic (exact) mass is 344 g/mol. The van der Waals surface area contributed by atoms with Crippen LogP contribution >= 0.6 is 0 Å². The van der Waals surface area contributed by atoms with E-state index in [0.29, 0.717) is 11.9 Å². The van der Waals surface area contributed by atoms with E-state index >= 15 is 0 Å². The van der Waals surface area contributed by atoms with E-state index in [4.69, 9.17) is 9.63 Å². The van der Waals surface area contributed by atoms with Crippen molar-refractivity contribution in [3.05, 3.63) is 47.1 Å². The molecule has 1 atom stereocenters. The van der Waals surface area contributed by atoms with Crippen LogP contribution in [0.4, 0.5) is 0 Å². The lowest BCUT2D eigenvalue weighted by Crippen LogP contribution is -2.34. The summed E-state index contributed by atoms with van der Waals surface area (Å²) in [5.74, 6) is 1.75. The molecule has 136 valence electrons. The van der Waals surface area contributed by atoms with E-state index in [-0.39, 0.29) is 12.5 Å². The lowest BCUT2D eigenvalue weighted by molar-refractivity contribution is 0.215. The molecule has 1 aromatic carbocycles. The third-order valence-corrected chi connectivity index (χ3v) is 4.85. The van der Waals surface area contributed by atoms with Crippen LogP contribution in [0, 0.1) is 0 Å². The summed E-state index contributed by atoms with van der Waals surface area (Å²) in [6.45, 7) is 8.04. The van der Waals surface area contributed by atoms with Gasteiger partial charge < -0.3 is 9.63 Å². The van der Waals surface area contributed by atoms with Crippen molar-refractivity contribution in [3.63, 3.8) is 0 Å². The second-order valence-electron chi connectivity index (χ2n) is 7.27. The number of aromatic nitrogens is 2. The summed E-state index contributed by atoms with van der Waals surface area (Å²) in [5.41, 5.74) is 2.25. The van der Waals surface area contributed by atoms with Crippen LogP contribution in [0.15, 0.2) is 28.8 Å². The standard InChI is InChI=1S/C19H28N4O2/c1-14(2)19-20-18(21-25-19)12-22(3)17-8-9-23(11-17)10-15-4-6-16(13-24)7-5-15/h4-7,14,17,24H,8-13H2,1-3H3.